The van der Waals surface area contributed by atoms with Crippen molar-refractivity contribution in [3.63, 3.8) is 0 Å². The van der Waals surface area contributed by atoms with Crippen LogP contribution in [0.3, 0.4) is 0 Å². The average Bonchev–Trinajstić information content (AvgIpc) is 2.62. The molecule has 0 radical (unpaired) electrons. The maximum Gasteiger partial charge on any atom is 0.218 e. The highest BCUT2D eigenvalue weighted by Crippen LogP contribution is 2.15. The second-order valence-electron chi connectivity index (χ2n) is 5.01. The molecule has 2 aromatic heterocycles. The number of guanidine groups is 1. The van der Waals surface area contributed by atoms with E-state index in [0.29, 0.717) is 38.1 Å². The van der Waals surface area contributed by atoms with Crippen molar-refractivity contribution < 1.29 is 9.47 Å². The highest BCUT2D eigenvalue weighted by Gasteiger charge is 2.04. The first-order valence-electron chi connectivity index (χ1n) is 7.79. The minimum Gasteiger partial charge on any atom is -0.475 e. The first kappa shape index (κ1) is 21.1. The van der Waals surface area contributed by atoms with Gasteiger partial charge in [-0.1, -0.05) is 12.1 Å². The quantitative estimate of drug-likeness (QED) is 0.258. The van der Waals surface area contributed by atoms with Crippen LogP contribution in [0, 0.1) is 0 Å². The van der Waals surface area contributed by atoms with Gasteiger partial charge in [-0.05, 0) is 18.2 Å². The van der Waals surface area contributed by atoms with E-state index in [9.17, 15) is 0 Å². The fourth-order valence-electron chi connectivity index (χ4n) is 1.99. The van der Waals surface area contributed by atoms with Crippen molar-refractivity contribution in [2.75, 3.05) is 26.9 Å². The van der Waals surface area contributed by atoms with Crippen molar-refractivity contribution in [2.24, 2.45) is 10.7 Å². The van der Waals surface area contributed by atoms with Crippen molar-refractivity contribution in [3.8, 4) is 5.88 Å². The van der Waals surface area contributed by atoms with Gasteiger partial charge in [-0.15, -0.1) is 24.0 Å². The molecule has 0 amide bonds. The molecule has 0 aliphatic heterocycles. The maximum atomic E-state index is 5.89. The van der Waals surface area contributed by atoms with Crippen LogP contribution in [0.15, 0.2) is 47.7 Å². The molecule has 0 fully saturated rings. The highest BCUT2D eigenvalue weighted by atomic mass is 127. The SMILES string of the molecule is COCCOc1ncccc1CN=C(N)NCCc1ccccn1.I. The van der Waals surface area contributed by atoms with Crippen LogP contribution in [-0.4, -0.2) is 42.8 Å². The Morgan fingerprint density at radius 1 is 1.16 bits per heavy atom. The second kappa shape index (κ2) is 12.4. The lowest BCUT2D eigenvalue weighted by Gasteiger charge is -2.09. The highest BCUT2D eigenvalue weighted by molar-refractivity contribution is 14.0. The van der Waals surface area contributed by atoms with Crippen LogP contribution in [0.25, 0.3) is 0 Å². The number of nitrogens with zero attached hydrogens (tertiary/aromatic N) is 3. The number of hydrogen-bond acceptors (Lipinski definition) is 5. The zero-order valence-corrected chi connectivity index (χ0v) is 16.6. The van der Waals surface area contributed by atoms with E-state index in [0.717, 1.165) is 17.7 Å². The molecule has 2 heterocycles. The van der Waals surface area contributed by atoms with Crippen LogP contribution in [0.2, 0.25) is 0 Å². The van der Waals surface area contributed by atoms with Crippen LogP contribution < -0.4 is 15.8 Å². The van der Waals surface area contributed by atoms with Crippen LogP contribution in [0.4, 0.5) is 0 Å². The number of ether oxygens (including phenoxy) is 2. The monoisotopic (exact) mass is 457 g/mol. The van der Waals surface area contributed by atoms with Crippen LogP contribution in [0.5, 0.6) is 5.88 Å². The third kappa shape index (κ3) is 8.12. The molecule has 2 aromatic rings. The molecule has 136 valence electrons. The van der Waals surface area contributed by atoms with Gasteiger partial charge in [0.05, 0.1) is 13.2 Å². The third-order valence-electron chi connectivity index (χ3n) is 3.21. The molecule has 0 aromatic carbocycles. The average molecular weight is 457 g/mol. The summed E-state index contributed by atoms with van der Waals surface area (Å²) in [7, 11) is 1.63. The first-order valence-corrected chi connectivity index (χ1v) is 7.79. The summed E-state index contributed by atoms with van der Waals surface area (Å²) in [6.45, 7) is 2.04. The maximum absolute atomic E-state index is 5.89. The topological polar surface area (TPSA) is 94.7 Å². The van der Waals surface area contributed by atoms with E-state index in [2.05, 4.69) is 20.3 Å². The van der Waals surface area contributed by atoms with Crippen LogP contribution in [-0.2, 0) is 17.7 Å². The van der Waals surface area contributed by atoms with Crippen molar-refractivity contribution >= 4 is 29.9 Å². The van der Waals surface area contributed by atoms with Crippen molar-refractivity contribution in [2.45, 2.75) is 13.0 Å². The molecule has 0 saturated heterocycles. The molecular weight excluding hydrogens is 433 g/mol. The lowest BCUT2D eigenvalue weighted by atomic mass is 10.2. The van der Waals surface area contributed by atoms with E-state index in [4.69, 9.17) is 15.2 Å². The Morgan fingerprint density at radius 3 is 2.76 bits per heavy atom. The molecule has 2 rings (SSSR count). The summed E-state index contributed by atoms with van der Waals surface area (Å²) in [4.78, 5) is 12.8. The standard InChI is InChI=1S/C17H23N5O2.HI/c1-23-11-12-24-16-14(5-4-9-20-16)13-22-17(18)21-10-7-15-6-2-3-8-19-15;/h2-6,8-9H,7,10-13H2,1H3,(H3,18,21,22);1H. The summed E-state index contributed by atoms with van der Waals surface area (Å²) in [5.74, 6) is 0.942. The predicted molar refractivity (Wildman–Crippen MR) is 108 cm³/mol. The zero-order valence-electron chi connectivity index (χ0n) is 14.2. The Labute approximate surface area is 165 Å². The lowest BCUT2D eigenvalue weighted by molar-refractivity contribution is 0.143. The third-order valence-corrected chi connectivity index (χ3v) is 3.21. The molecule has 0 atom stereocenters. The number of aliphatic imine (C=N–C) groups is 1. The lowest BCUT2D eigenvalue weighted by Crippen LogP contribution is -2.33. The summed E-state index contributed by atoms with van der Waals surface area (Å²) in [5, 5.41) is 3.08. The van der Waals surface area contributed by atoms with E-state index in [-0.39, 0.29) is 24.0 Å². The fourth-order valence-corrected chi connectivity index (χ4v) is 1.99. The number of halogens is 1. The van der Waals surface area contributed by atoms with Gasteiger partial charge >= 0.3 is 0 Å². The largest absolute Gasteiger partial charge is 0.475 e. The summed E-state index contributed by atoms with van der Waals surface area (Å²) in [5.41, 5.74) is 7.79. The second-order valence-corrected chi connectivity index (χ2v) is 5.01. The van der Waals surface area contributed by atoms with Gasteiger partial charge in [0.2, 0.25) is 5.88 Å². The molecule has 25 heavy (non-hydrogen) atoms. The van der Waals surface area contributed by atoms with E-state index in [1.165, 1.54) is 0 Å². The molecule has 8 heteroatoms. The minimum atomic E-state index is 0. The molecular formula is C17H24IN5O2. The first-order chi connectivity index (χ1) is 11.8. The number of hydrogen-bond donors (Lipinski definition) is 2. The van der Waals surface area contributed by atoms with E-state index >= 15 is 0 Å². The summed E-state index contributed by atoms with van der Waals surface area (Å²) < 4.78 is 10.5. The van der Waals surface area contributed by atoms with Gasteiger partial charge in [-0.25, -0.2) is 9.98 Å². The van der Waals surface area contributed by atoms with Crippen LogP contribution >= 0.6 is 24.0 Å². The van der Waals surface area contributed by atoms with E-state index in [1.807, 2.05) is 30.3 Å². The van der Waals surface area contributed by atoms with Crippen molar-refractivity contribution in [3.05, 3.63) is 54.0 Å². The fraction of sp³-hybridized carbons (Fsp3) is 0.353. The Hall–Kier alpha value is -1.94. The molecule has 0 aliphatic rings. The van der Waals surface area contributed by atoms with Gasteiger partial charge in [-0.2, -0.15) is 0 Å². The molecule has 3 N–H and O–H groups in total. The number of nitrogens with one attached hydrogen (secondary N) is 1. The van der Waals surface area contributed by atoms with Gasteiger partial charge in [0.15, 0.2) is 5.96 Å². The van der Waals surface area contributed by atoms with Crippen LogP contribution in [0.1, 0.15) is 11.3 Å². The van der Waals surface area contributed by atoms with Crippen molar-refractivity contribution in [1.82, 2.24) is 15.3 Å². The Bertz CT molecular complexity index is 640. The molecule has 0 bridgehead atoms. The number of aromatic nitrogens is 2. The van der Waals surface area contributed by atoms with Crippen molar-refractivity contribution in [1.29, 1.82) is 0 Å². The smallest absolute Gasteiger partial charge is 0.218 e. The minimum absolute atomic E-state index is 0. The van der Waals surface area contributed by atoms with Gasteiger partial charge in [0.25, 0.3) is 0 Å². The molecule has 7 nitrogen and oxygen atoms in total. The zero-order chi connectivity index (χ0) is 17.0. The number of rotatable bonds is 9. The Morgan fingerprint density at radius 2 is 2.00 bits per heavy atom. The molecule has 0 aliphatic carbocycles. The number of methoxy groups -OCH3 is 1. The predicted octanol–water partition coefficient (Wildman–Crippen LogP) is 1.77. The Kier molecular flexibility index (Phi) is 10.5. The molecule has 0 unspecified atom stereocenters. The van der Waals surface area contributed by atoms with Gasteiger partial charge in [-0.3, -0.25) is 4.98 Å². The number of nitrogens with two attached hydrogens (primary N) is 1. The summed E-state index contributed by atoms with van der Waals surface area (Å²) in [6.07, 6.45) is 4.25. The normalized spacial score (nSPS) is 10.8. The molecule has 0 saturated carbocycles. The van der Waals surface area contributed by atoms with Gasteiger partial charge in [0, 0.05) is 43.7 Å². The Balaban J connectivity index is 0.00000312. The van der Waals surface area contributed by atoms with Gasteiger partial charge < -0.3 is 20.5 Å². The molecule has 0 spiro atoms. The summed E-state index contributed by atoms with van der Waals surface area (Å²) >= 11 is 0. The summed E-state index contributed by atoms with van der Waals surface area (Å²) in [6, 6.07) is 9.60. The van der Waals surface area contributed by atoms with E-state index in [1.54, 1.807) is 19.5 Å². The van der Waals surface area contributed by atoms with Gasteiger partial charge in [0.1, 0.15) is 6.61 Å². The van der Waals surface area contributed by atoms with E-state index < -0.39 is 0 Å². The number of pyridine rings is 2.